The maximum atomic E-state index is 11.8. The summed E-state index contributed by atoms with van der Waals surface area (Å²) in [7, 11) is 0. The Labute approximate surface area is 220 Å². The Hall–Kier alpha value is -3.48. The number of carboxylic acids is 1. The number of carboxylic acid groups (broad SMARTS) is 1. The molecule has 36 heavy (non-hydrogen) atoms. The van der Waals surface area contributed by atoms with Gasteiger partial charge < -0.3 is 14.6 Å². The van der Waals surface area contributed by atoms with E-state index in [1.54, 1.807) is 6.07 Å². The van der Waals surface area contributed by atoms with E-state index < -0.39 is 5.97 Å². The number of ether oxygens (including phenoxy) is 2. The van der Waals surface area contributed by atoms with Crippen LogP contribution in [0.2, 0.25) is 10.0 Å². The van der Waals surface area contributed by atoms with Gasteiger partial charge in [-0.05, 0) is 60.0 Å². The number of hydrogen-bond donors (Lipinski definition) is 1. The largest absolute Gasteiger partial charge is 0.489 e. The molecule has 0 atom stereocenters. The van der Waals surface area contributed by atoms with Crippen molar-refractivity contribution in [3.05, 3.63) is 99.7 Å². The van der Waals surface area contributed by atoms with Gasteiger partial charge in [0, 0.05) is 28.2 Å². The van der Waals surface area contributed by atoms with Crippen molar-refractivity contribution in [2.75, 3.05) is 0 Å². The van der Waals surface area contributed by atoms with Gasteiger partial charge in [-0.1, -0.05) is 60.8 Å². The Kier molecular flexibility index (Phi) is 8.52. The Bertz CT molecular complexity index is 1250. The lowest BCUT2D eigenvalue weighted by Gasteiger charge is -2.12. The fraction of sp³-hybridized carbons (Fsp3) is 0.214. The van der Waals surface area contributed by atoms with Crippen LogP contribution >= 0.6 is 23.2 Å². The fourth-order valence-electron chi connectivity index (χ4n) is 3.59. The Balaban J connectivity index is 1.63. The number of benzene rings is 3. The van der Waals surface area contributed by atoms with Gasteiger partial charge in [0.25, 0.3) is 0 Å². The van der Waals surface area contributed by atoms with Crippen molar-refractivity contribution >= 4 is 29.2 Å². The zero-order valence-corrected chi connectivity index (χ0v) is 21.3. The third-order valence-electron chi connectivity index (χ3n) is 5.54. The molecule has 1 N–H and O–H groups in total. The Morgan fingerprint density at radius 1 is 0.861 bits per heavy atom. The average molecular weight is 525 g/mol. The first-order chi connectivity index (χ1) is 17.4. The van der Waals surface area contributed by atoms with Gasteiger partial charge >= 0.3 is 5.97 Å². The van der Waals surface area contributed by atoms with E-state index in [9.17, 15) is 9.90 Å². The van der Waals surface area contributed by atoms with Gasteiger partial charge in [-0.25, -0.2) is 4.79 Å². The third-order valence-corrected chi connectivity index (χ3v) is 6.04. The second kappa shape index (κ2) is 12.0. The molecule has 4 rings (SSSR count). The second-order valence-electron chi connectivity index (χ2n) is 8.32. The standard InChI is InChI=1S/C28H26Cl2N2O4/c1-2-3-12-32-27(28(33)34)16-26(31-32)21-13-24(35-17-19-4-8-22(29)9-5-19)15-25(14-21)36-18-20-6-10-23(30)11-7-20/h4-11,13-16H,2-3,12,17-18H2,1H3,(H,33,34). The van der Waals surface area contributed by atoms with Crippen LogP contribution in [-0.4, -0.2) is 20.9 Å². The summed E-state index contributed by atoms with van der Waals surface area (Å²) in [6.45, 7) is 3.26. The summed E-state index contributed by atoms with van der Waals surface area (Å²) >= 11 is 12.0. The van der Waals surface area contributed by atoms with Crippen molar-refractivity contribution in [3.8, 4) is 22.8 Å². The van der Waals surface area contributed by atoms with Crippen LogP contribution in [0.5, 0.6) is 11.5 Å². The van der Waals surface area contributed by atoms with Crippen LogP contribution in [0.4, 0.5) is 0 Å². The first kappa shape index (κ1) is 25.6. The van der Waals surface area contributed by atoms with Crippen LogP contribution in [-0.2, 0) is 19.8 Å². The minimum atomic E-state index is -1.01. The molecule has 0 bridgehead atoms. The number of aromatic carboxylic acids is 1. The van der Waals surface area contributed by atoms with Gasteiger partial charge in [0.05, 0.1) is 5.69 Å². The molecule has 0 saturated heterocycles. The maximum Gasteiger partial charge on any atom is 0.354 e. The topological polar surface area (TPSA) is 73.6 Å². The molecule has 0 radical (unpaired) electrons. The summed E-state index contributed by atoms with van der Waals surface area (Å²) in [5.41, 5.74) is 3.31. The predicted molar refractivity (Wildman–Crippen MR) is 141 cm³/mol. The SMILES string of the molecule is CCCCn1nc(-c2cc(OCc3ccc(Cl)cc3)cc(OCc3ccc(Cl)cc3)c2)cc1C(=O)O. The predicted octanol–water partition coefficient (Wildman–Crippen LogP) is 7.51. The summed E-state index contributed by atoms with van der Waals surface area (Å²) in [4.78, 5) is 11.8. The maximum absolute atomic E-state index is 11.8. The van der Waals surface area contributed by atoms with Gasteiger partial charge in [-0.2, -0.15) is 5.10 Å². The van der Waals surface area contributed by atoms with Crippen molar-refractivity contribution < 1.29 is 19.4 Å². The highest BCUT2D eigenvalue weighted by molar-refractivity contribution is 6.30. The highest BCUT2D eigenvalue weighted by atomic mass is 35.5. The number of carbonyl (C=O) groups is 1. The van der Waals surface area contributed by atoms with E-state index in [0.29, 0.717) is 52.6 Å². The summed E-state index contributed by atoms with van der Waals surface area (Å²) in [6, 6.07) is 21.9. The monoisotopic (exact) mass is 524 g/mol. The van der Waals surface area contributed by atoms with E-state index in [4.69, 9.17) is 32.7 Å². The molecule has 0 aliphatic rings. The van der Waals surface area contributed by atoms with E-state index in [1.807, 2.05) is 66.7 Å². The molecule has 3 aromatic carbocycles. The fourth-order valence-corrected chi connectivity index (χ4v) is 3.84. The smallest absolute Gasteiger partial charge is 0.354 e. The normalized spacial score (nSPS) is 10.9. The minimum absolute atomic E-state index is 0.148. The quantitative estimate of drug-likeness (QED) is 0.219. The number of rotatable bonds is 11. The van der Waals surface area contributed by atoms with Crippen molar-refractivity contribution in [1.82, 2.24) is 9.78 Å². The molecular formula is C28H26Cl2N2O4. The van der Waals surface area contributed by atoms with Crippen LogP contribution in [0.3, 0.4) is 0 Å². The molecule has 4 aromatic rings. The molecule has 186 valence electrons. The highest BCUT2D eigenvalue weighted by Crippen LogP contribution is 2.31. The third kappa shape index (κ3) is 6.80. The lowest BCUT2D eigenvalue weighted by atomic mass is 10.1. The summed E-state index contributed by atoms with van der Waals surface area (Å²) in [5, 5.41) is 15.6. The molecule has 1 aromatic heterocycles. The number of unbranched alkanes of at least 4 members (excludes halogenated alkanes) is 1. The van der Waals surface area contributed by atoms with Gasteiger partial charge in [0.1, 0.15) is 30.4 Å². The molecule has 1 heterocycles. The molecule has 0 unspecified atom stereocenters. The highest BCUT2D eigenvalue weighted by Gasteiger charge is 2.17. The van der Waals surface area contributed by atoms with Crippen LogP contribution in [0.1, 0.15) is 41.4 Å². The second-order valence-corrected chi connectivity index (χ2v) is 9.19. The van der Waals surface area contributed by atoms with Crippen LogP contribution < -0.4 is 9.47 Å². The number of aryl methyl sites for hydroxylation is 1. The van der Waals surface area contributed by atoms with Crippen LogP contribution in [0, 0.1) is 0 Å². The van der Waals surface area contributed by atoms with E-state index >= 15 is 0 Å². The molecule has 6 nitrogen and oxygen atoms in total. The first-order valence-corrected chi connectivity index (χ1v) is 12.4. The zero-order valence-electron chi connectivity index (χ0n) is 19.8. The van der Waals surface area contributed by atoms with Gasteiger partial charge in [0.15, 0.2) is 0 Å². The lowest BCUT2D eigenvalue weighted by molar-refractivity contribution is 0.0683. The first-order valence-electron chi connectivity index (χ1n) is 11.6. The number of hydrogen-bond acceptors (Lipinski definition) is 4. The van der Waals surface area contributed by atoms with Crippen molar-refractivity contribution in [2.24, 2.45) is 0 Å². The molecule has 8 heteroatoms. The molecule has 0 aliphatic heterocycles. The van der Waals surface area contributed by atoms with Crippen LogP contribution in [0.25, 0.3) is 11.3 Å². The van der Waals surface area contributed by atoms with Crippen molar-refractivity contribution in [1.29, 1.82) is 0 Å². The van der Waals surface area contributed by atoms with Crippen LogP contribution in [0.15, 0.2) is 72.8 Å². The molecule has 0 spiro atoms. The van der Waals surface area contributed by atoms with Gasteiger partial charge in [0.2, 0.25) is 0 Å². The number of aromatic nitrogens is 2. The molecule has 0 aliphatic carbocycles. The van der Waals surface area contributed by atoms with Crippen molar-refractivity contribution in [2.45, 2.75) is 39.5 Å². The molecule has 0 saturated carbocycles. The molecular weight excluding hydrogens is 499 g/mol. The number of halogens is 2. The summed E-state index contributed by atoms with van der Waals surface area (Å²) in [5.74, 6) is 0.140. The van der Waals surface area contributed by atoms with E-state index in [2.05, 4.69) is 12.0 Å². The Morgan fingerprint density at radius 3 is 1.86 bits per heavy atom. The Morgan fingerprint density at radius 2 is 1.39 bits per heavy atom. The zero-order chi connectivity index (χ0) is 25.5. The van der Waals surface area contributed by atoms with E-state index in [0.717, 1.165) is 24.0 Å². The molecule has 0 fully saturated rings. The molecule has 0 amide bonds. The van der Waals surface area contributed by atoms with E-state index in [-0.39, 0.29) is 5.69 Å². The summed E-state index contributed by atoms with van der Waals surface area (Å²) in [6.07, 6.45) is 1.77. The lowest BCUT2D eigenvalue weighted by Crippen LogP contribution is -2.09. The van der Waals surface area contributed by atoms with E-state index in [1.165, 1.54) is 4.68 Å². The summed E-state index contributed by atoms with van der Waals surface area (Å²) < 4.78 is 13.7. The van der Waals surface area contributed by atoms with Crippen molar-refractivity contribution in [3.63, 3.8) is 0 Å². The minimum Gasteiger partial charge on any atom is -0.489 e. The number of nitrogens with zero attached hydrogens (tertiary/aromatic N) is 2. The van der Waals surface area contributed by atoms with Gasteiger partial charge in [-0.3, -0.25) is 4.68 Å². The van der Waals surface area contributed by atoms with Gasteiger partial charge in [-0.15, -0.1) is 0 Å². The average Bonchev–Trinajstić information content (AvgIpc) is 3.31.